The van der Waals surface area contributed by atoms with Crippen LogP contribution in [0.15, 0.2) is 24.3 Å². The second-order valence-corrected chi connectivity index (χ2v) is 3.71. The van der Waals surface area contributed by atoms with Gasteiger partial charge in [0.05, 0.1) is 24.8 Å². The smallest absolute Gasteiger partial charge is 0.0991 e. The molecule has 1 fully saturated rings. The maximum atomic E-state index is 8.70. The third kappa shape index (κ3) is 2.56. The summed E-state index contributed by atoms with van der Waals surface area (Å²) in [5, 5.41) is 12.0. The van der Waals surface area contributed by atoms with E-state index in [1.807, 2.05) is 24.3 Å². The van der Waals surface area contributed by atoms with Crippen LogP contribution in [-0.2, 0) is 4.74 Å². The fourth-order valence-corrected chi connectivity index (χ4v) is 1.75. The lowest BCUT2D eigenvalue weighted by Crippen LogP contribution is -2.21. The number of rotatable bonds is 1. The molecule has 0 bridgehead atoms. The van der Waals surface area contributed by atoms with Gasteiger partial charge in [0.1, 0.15) is 0 Å². The highest BCUT2D eigenvalue weighted by molar-refractivity contribution is 5.33. The molecule has 0 aromatic heterocycles. The summed E-state index contributed by atoms with van der Waals surface area (Å²) in [7, 11) is 0. The molecule has 15 heavy (non-hydrogen) atoms. The van der Waals surface area contributed by atoms with Gasteiger partial charge in [-0.1, -0.05) is 12.1 Å². The molecule has 1 aliphatic rings. The molecule has 2 rings (SSSR count). The Kier molecular flexibility index (Phi) is 3.33. The van der Waals surface area contributed by atoms with Gasteiger partial charge in [-0.05, 0) is 17.7 Å². The zero-order chi connectivity index (χ0) is 10.5. The van der Waals surface area contributed by atoms with Gasteiger partial charge in [-0.2, -0.15) is 5.26 Å². The molecule has 0 amide bonds. The Morgan fingerprint density at radius 2 is 2.13 bits per heavy atom. The molecule has 0 radical (unpaired) electrons. The molecule has 1 aliphatic heterocycles. The van der Waals surface area contributed by atoms with Crippen LogP contribution < -0.4 is 5.32 Å². The van der Waals surface area contributed by atoms with Gasteiger partial charge in [0, 0.05) is 19.0 Å². The number of hydrogen-bond donors (Lipinski definition) is 1. The second kappa shape index (κ2) is 4.92. The minimum Gasteiger partial charge on any atom is -0.379 e. The van der Waals surface area contributed by atoms with E-state index >= 15 is 0 Å². The van der Waals surface area contributed by atoms with Crippen molar-refractivity contribution in [2.75, 3.05) is 26.3 Å². The van der Waals surface area contributed by atoms with Gasteiger partial charge in [0.25, 0.3) is 0 Å². The van der Waals surface area contributed by atoms with Crippen LogP contribution >= 0.6 is 0 Å². The van der Waals surface area contributed by atoms with E-state index in [9.17, 15) is 0 Å². The quantitative estimate of drug-likeness (QED) is 0.745. The lowest BCUT2D eigenvalue weighted by atomic mass is 9.99. The van der Waals surface area contributed by atoms with Crippen molar-refractivity contribution in [2.45, 2.75) is 5.92 Å². The number of nitrogens with zero attached hydrogens (tertiary/aromatic N) is 1. The normalized spacial score (nSPS) is 21.7. The number of ether oxygens (including phenoxy) is 1. The maximum Gasteiger partial charge on any atom is 0.0991 e. The van der Waals surface area contributed by atoms with Crippen LogP contribution in [0.4, 0.5) is 0 Å². The first-order chi connectivity index (χ1) is 7.40. The van der Waals surface area contributed by atoms with E-state index in [1.165, 1.54) is 5.56 Å². The number of hydrogen-bond acceptors (Lipinski definition) is 3. The highest BCUT2D eigenvalue weighted by Gasteiger charge is 2.13. The topological polar surface area (TPSA) is 45.0 Å². The van der Waals surface area contributed by atoms with Crippen molar-refractivity contribution in [1.29, 1.82) is 5.26 Å². The van der Waals surface area contributed by atoms with Crippen LogP contribution in [0.5, 0.6) is 0 Å². The Hall–Kier alpha value is -1.37. The van der Waals surface area contributed by atoms with E-state index in [0.717, 1.165) is 26.3 Å². The lowest BCUT2D eigenvalue weighted by Gasteiger charge is -2.13. The highest BCUT2D eigenvalue weighted by atomic mass is 16.5. The van der Waals surface area contributed by atoms with Crippen molar-refractivity contribution in [3.8, 4) is 6.07 Å². The van der Waals surface area contributed by atoms with E-state index in [0.29, 0.717) is 11.5 Å². The summed E-state index contributed by atoms with van der Waals surface area (Å²) in [5.41, 5.74) is 1.95. The summed E-state index contributed by atoms with van der Waals surface area (Å²) in [6, 6.07) is 9.87. The van der Waals surface area contributed by atoms with Gasteiger partial charge in [-0.25, -0.2) is 0 Å². The predicted molar refractivity (Wildman–Crippen MR) is 57.6 cm³/mol. The van der Waals surface area contributed by atoms with Crippen LogP contribution in [0.25, 0.3) is 0 Å². The Morgan fingerprint density at radius 1 is 1.33 bits per heavy atom. The summed E-state index contributed by atoms with van der Waals surface area (Å²) < 4.78 is 5.49. The van der Waals surface area contributed by atoms with Gasteiger partial charge < -0.3 is 10.1 Å². The molecule has 78 valence electrons. The van der Waals surface area contributed by atoms with Crippen molar-refractivity contribution in [3.05, 3.63) is 35.4 Å². The average molecular weight is 202 g/mol. The molecule has 1 atom stereocenters. The molecular weight excluding hydrogens is 188 g/mol. The van der Waals surface area contributed by atoms with Gasteiger partial charge in [-0.3, -0.25) is 0 Å². The first-order valence-electron chi connectivity index (χ1n) is 5.18. The molecule has 1 heterocycles. The van der Waals surface area contributed by atoms with E-state index in [1.54, 1.807) is 0 Å². The summed E-state index contributed by atoms with van der Waals surface area (Å²) in [6.07, 6.45) is 0. The van der Waals surface area contributed by atoms with E-state index in [-0.39, 0.29) is 0 Å². The number of nitriles is 1. The third-order valence-corrected chi connectivity index (χ3v) is 2.64. The number of benzene rings is 1. The summed E-state index contributed by atoms with van der Waals surface area (Å²) in [5.74, 6) is 0.403. The zero-order valence-electron chi connectivity index (χ0n) is 8.57. The molecule has 1 aromatic carbocycles. The van der Waals surface area contributed by atoms with Gasteiger partial charge in [-0.15, -0.1) is 0 Å². The highest BCUT2D eigenvalue weighted by Crippen LogP contribution is 2.17. The van der Waals surface area contributed by atoms with Crippen LogP contribution in [0, 0.1) is 11.3 Å². The first-order valence-corrected chi connectivity index (χ1v) is 5.18. The predicted octanol–water partition coefficient (Wildman–Crippen LogP) is 1.26. The zero-order valence-corrected chi connectivity index (χ0v) is 8.57. The average Bonchev–Trinajstić information content (AvgIpc) is 2.58. The Morgan fingerprint density at radius 3 is 2.87 bits per heavy atom. The molecular formula is C12H14N2O. The van der Waals surface area contributed by atoms with Gasteiger partial charge in [0.15, 0.2) is 0 Å². The molecule has 1 unspecified atom stereocenters. The molecule has 0 aliphatic carbocycles. The molecule has 0 saturated carbocycles. The Balaban J connectivity index is 2.10. The van der Waals surface area contributed by atoms with Crippen LogP contribution in [-0.4, -0.2) is 26.3 Å². The van der Waals surface area contributed by atoms with Gasteiger partial charge >= 0.3 is 0 Å². The molecule has 1 saturated heterocycles. The third-order valence-electron chi connectivity index (χ3n) is 2.64. The lowest BCUT2D eigenvalue weighted by molar-refractivity contribution is 0.141. The Bertz CT molecular complexity index is 345. The molecule has 0 spiro atoms. The second-order valence-electron chi connectivity index (χ2n) is 3.71. The van der Waals surface area contributed by atoms with Crippen molar-refractivity contribution in [2.24, 2.45) is 0 Å². The minimum atomic E-state index is 0.403. The van der Waals surface area contributed by atoms with Crippen molar-refractivity contribution >= 4 is 0 Å². The molecule has 1 aromatic rings. The van der Waals surface area contributed by atoms with E-state index < -0.39 is 0 Å². The van der Waals surface area contributed by atoms with Crippen molar-refractivity contribution < 1.29 is 4.74 Å². The first kappa shape index (κ1) is 10.2. The standard InChI is InChI=1S/C12H14N2O/c13-7-10-1-3-11(4-2-10)12-8-14-5-6-15-9-12/h1-4,12,14H,5-6,8-9H2. The van der Waals surface area contributed by atoms with Crippen LogP contribution in [0.1, 0.15) is 17.0 Å². The number of nitrogens with one attached hydrogen (secondary N) is 1. The monoisotopic (exact) mass is 202 g/mol. The SMILES string of the molecule is N#Cc1ccc(C2CNCCOC2)cc1. The molecule has 3 heteroatoms. The summed E-state index contributed by atoms with van der Waals surface area (Å²) in [4.78, 5) is 0. The Labute approximate surface area is 89.7 Å². The summed E-state index contributed by atoms with van der Waals surface area (Å²) in [6.45, 7) is 3.42. The molecule has 3 nitrogen and oxygen atoms in total. The van der Waals surface area contributed by atoms with E-state index in [4.69, 9.17) is 10.00 Å². The minimum absolute atomic E-state index is 0.403. The van der Waals surface area contributed by atoms with Gasteiger partial charge in [0.2, 0.25) is 0 Å². The fourth-order valence-electron chi connectivity index (χ4n) is 1.75. The van der Waals surface area contributed by atoms with E-state index in [2.05, 4.69) is 11.4 Å². The van der Waals surface area contributed by atoms with Crippen molar-refractivity contribution in [1.82, 2.24) is 5.32 Å². The molecule has 1 N–H and O–H groups in total. The largest absolute Gasteiger partial charge is 0.379 e. The summed E-state index contributed by atoms with van der Waals surface area (Å²) >= 11 is 0. The maximum absolute atomic E-state index is 8.70. The van der Waals surface area contributed by atoms with Crippen LogP contribution in [0.3, 0.4) is 0 Å². The fraction of sp³-hybridized carbons (Fsp3) is 0.417. The van der Waals surface area contributed by atoms with Crippen molar-refractivity contribution in [3.63, 3.8) is 0 Å². The van der Waals surface area contributed by atoms with Crippen LogP contribution in [0.2, 0.25) is 0 Å².